The van der Waals surface area contributed by atoms with Gasteiger partial charge in [0, 0.05) is 17.8 Å². The Morgan fingerprint density at radius 2 is 1.83 bits per heavy atom. The maximum absolute atomic E-state index is 14.6. The number of hydrogen-bond donors (Lipinski definition) is 1. The number of nitrogens with zero attached hydrogens (tertiary/aromatic N) is 3. The zero-order valence-corrected chi connectivity index (χ0v) is 19.9. The number of anilines is 1. The lowest BCUT2D eigenvalue weighted by Crippen LogP contribution is -2.09. The van der Waals surface area contributed by atoms with E-state index in [1.165, 1.54) is 17.8 Å². The second-order valence-electron chi connectivity index (χ2n) is 8.40. The lowest BCUT2D eigenvalue weighted by molar-refractivity contribution is -0.116. The fourth-order valence-electron chi connectivity index (χ4n) is 4.13. The topological polar surface area (TPSA) is 76.9 Å². The van der Waals surface area contributed by atoms with E-state index < -0.39 is 0 Å². The second kappa shape index (κ2) is 9.84. The molecule has 8 heteroatoms. The molecule has 0 aliphatic carbocycles. The van der Waals surface area contributed by atoms with Crippen LogP contribution in [0.3, 0.4) is 0 Å². The number of aromatic nitrogens is 3. The van der Waals surface area contributed by atoms with Gasteiger partial charge in [-0.2, -0.15) is 0 Å². The SMILES string of the molecule is C[C@@H]1C(=O)Nc2ccc(C(=O)CSc3nnc(-c4ccccc4F)n3CCc3ccccc3)cc21. The van der Waals surface area contributed by atoms with Crippen LogP contribution in [0.15, 0.2) is 78.0 Å². The summed E-state index contributed by atoms with van der Waals surface area (Å²) >= 11 is 1.28. The van der Waals surface area contributed by atoms with Crippen molar-refractivity contribution in [3.63, 3.8) is 0 Å². The number of amides is 1. The van der Waals surface area contributed by atoms with Crippen LogP contribution >= 0.6 is 11.8 Å². The van der Waals surface area contributed by atoms with Gasteiger partial charge in [0.15, 0.2) is 16.8 Å². The highest BCUT2D eigenvalue weighted by Gasteiger charge is 2.27. The third kappa shape index (κ3) is 4.74. The van der Waals surface area contributed by atoms with Crippen molar-refractivity contribution < 1.29 is 14.0 Å². The number of rotatable bonds is 8. The lowest BCUT2D eigenvalue weighted by Gasteiger charge is -2.11. The van der Waals surface area contributed by atoms with Gasteiger partial charge in [-0.05, 0) is 54.8 Å². The van der Waals surface area contributed by atoms with Crippen molar-refractivity contribution >= 4 is 29.1 Å². The van der Waals surface area contributed by atoms with Gasteiger partial charge in [-0.3, -0.25) is 9.59 Å². The van der Waals surface area contributed by atoms with Crippen LogP contribution in [0.5, 0.6) is 0 Å². The van der Waals surface area contributed by atoms with Gasteiger partial charge in [-0.15, -0.1) is 10.2 Å². The van der Waals surface area contributed by atoms with Crippen LogP contribution < -0.4 is 5.32 Å². The number of carbonyl (C=O) groups excluding carboxylic acids is 2. The van der Waals surface area contributed by atoms with Crippen molar-refractivity contribution in [3.05, 3.63) is 95.3 Å². The van der Waals surface area contributed by atoms with Crippen LogP contribution in [0, 0.1) is 5.82 Å². The summed E-state index contributed by atoms with van der Waals surface area (Å²) < 4.78 is 16.4. The molecule has 2 heterocycles. The van der Waals surface area contributed by atoms with Crippen LogP contribution in [0.4, 0.5) is 10.1 Å². The summed E-state index contributed by atoms with van der Waals surface area (Å²) in [6.07, 6.45) is 0.714. The number of ketones is 1. The van der Waals surface area contributed by atoms with Crippen molar-refractivity contribution in [2.45, 2.75) is 31.0 Å². The van der Waals surface area contributed by atoms with Crippen LogP contribution in [-0.2, 0) is 17.8 Å². The molecule has 5 rings (SSSR count). The molecule has 4 aromatic rings. The molecule has 1 N–H and O–H groups in total. The van der Waals surface area contributed by atoms with Crippen LogP contribution in [0.1, 0.15) is 34.3 Å². The van der Waals surface area contributed by atoms with E-state index in [0.29, 0.717) is 35.1 Å². The van der Waals surface area contributed by atoms with E-state index in [0.717, 1.165) is 16.8 Å². The summed E-state index contributed by atoms with van der Waals surface area (Å²) in [4.78, 5) is 24.9. The molecule has 1 atom stereocenters. The number of nitrogens with one attached hydrogen (secondary N) is 1. The van der Waals surface area contributed by atoms with Crippen molar-refractivity contribution in [3.8, 4) is 11.4 Å². The predicted octanol–water partition coefficient (Wildman–Crippen LogP) is 5.36. The van der Waals surface area contributed by atoms with E-state index in [1.54, 1.807) is 36.4 Å². The zero-order valence-electron chi connectivity index (χ0n) is 19.1. The number of benzene rings is 3. The molecule has 176 valence electrons. The number of aryl methyl sites for hydroxylation is 1. The smallest absolute Gasteiger partial charge is 0.231 e. The van der Waals surface area contributed by atoms with E-state index >= 15 is 0 Å². The minimum atomic E-state index is -0.371. The molecular weight excluding hydrogens is 463 g/mol. The van der Waals surface area contributed by atoms with Gasteiger partial charge in [0.1, 0.15) is 5.82 Å². The molecule has 35 heavy (non-hydrogen) atoms. The van der Waals surface area contributed by atoms with E-state index in [9.17, 15) is 14.0 Å². The van der Waals surface area contributed by atoms with Crippen molar-refractivity contribution in [1.82, 2.24) is 14.8 Å². The first kappa shape index (κ1) is 23.0. The summed E-state index contributed by atoms with van der Waals surface area (Å²) in [5, 5.41) is 11.9. The monoisotopic (exact) mass is 486 g/mol. The molecule has 1 aromatic heterocycles. The maximum atomic E-state index is 14.6. The fraction of sp³-hybridized carbons (Fsp3) is 0.185. The third-order valence-corrected chi connectivity index (χ3v) is 7.09. The van der Waals surface area contributed by atoms with E-state index in [2.05, 4.69) is 15.5 Å². The zero-order chi connectivity index (χ0) is 24.4. The Hall–Kier alpha value is -3.78. The van der Waals surface area contributed by atoms with Gasteiger partial charge in [0.25, 0.3) is 0 Å². The van der Waals surface area contributed by atoms with Crippen LogP contribution in [0.25, 0.3) is 11.4 Å². The molecule has 0 saturated heterocycles. The molecule has 1 amide bonds. The summed E-state index contributed by atoms with van der Waals surface area (Å²) in [5.74, 6) is -0.209. The van der Waals surface area contributed by atoms with Crippen LogP contribution in [-0.4, -0.2) is 32.2 Å². The number of thioether (sulfide) groups is 1. The average molecular weight is 487 g/mol. The highest BCUT2D eigenvalue weighted by molar-refractivity contribution is 7.99. The Labute approximate surface area is 206 Å². The largest absolute Gasteiger partial charge is 0.325 e. The standard InChI is InChI=1S/C27H23FN4O2S/c1-17-21-15-19(11-12-23(21)29-26(17)34)24(33)16-35-27-31-30-25(20-9-5-6-10-22(20)28)32(27)14-13-18-7-3-2-4-8-18/h2-12,15,17H,13-14,16H2,1H3,(H,29,34)/t17-/m0/s1. The van der Waals surface area contributed by atoms with Crippen LogP contribution in [0.2, 0.25) is 0 Å². The highest BCUT2D eigenvalue weighted by atomic mass is 32.2. The van der Waals surface area contributed by atoms with Gasteiger partial charge in [-0.25, -0.2) is 4.39 Å². The molecule has 0 fully saturated rings. The number of halogens is 1. The number of carbonyl (C=O) groups is 2. The summed E-state index contributed by atoms with van der Waals surface area (Å²) in [6, 6.07) is 21.8. The third-order valence-electron chi connectivity index (χ3n) is 6.12. The van der Waals surface area contributed by atoms with Gasteiger partial charge in [0.05, 0.1) is 17.2 Å². The van der Waals surface area contributed by atoms with Gasteiger partial charge >= 0.3 is 0 Å². The molecule has 1 aliphatic rings. The number of hydrogen-bond acceptors (Lipinski definition) is 5. The quantitative estimate of drug-likeness (QED) is 0.268. The summed E-state index contributed by atoms with van der Waals surface area (Å²) in [6.45, 7) is 2.37. The Kier molecular flexibility index (Phi) is 6.46. The molecular formula is C27H23FN4O2S. The summed E-state index contributed by atoms with van der Waals surface area (Å²) in [7, 11) is 0. The maximum Gasteiger partial charge on any atom is 0.231 e. The Balaban J connectivity index is 1.38. The number of fused-ring (bicyclic) bond motifs is 1. The number of Topliss-reactive ketones (excluding diaryl/α,β-unsaturated/α-hetero) is 1. The fourth-order valence-corrected chi connectivity index (χ4v) is 4.99. The first-order valence-electron chi connectivity index (χ1n) is 11.3. The first-order valence-corrected chi connectivity index (χ1v) is 12.3. The second-order valence-corrected chi connectivity index (χ2v) is 9.34. The Morgan fingerprint density at radius 1 is 1.06 bits per heavy atom. The first-order chi connectivity index (χ1) is 17.0. The van der Waals surface area contributed by atoms with E-state index in [1.807, 2.05) is 41.8 Å². The summed E-state index contributed by atoms with van der Waals surface area (Å²) in [5.41, 5.74) is 3.64. The molecule has 0 bridgehead atoms. The Bertz CT molecular complexity index is 1400. The van der Waals surface area contributed by atoms with E-state index in [4.69, 9.17) is 0 Å². The van der Waals surface area contributed by atoms with E-state index in [-0.39, 0.29) is 29.2 Å². The van der Waals surface area contributed by atoms with Crippen molar-refractivity contribution in [2.24, 2.45) is 0 Å². The molecule has 6 nitrogen and oxygen atoms in total. The lowest BCUT2D eigenvalue weighted by atomic mass is 9.99. The molecule has 3 aromatic carbocycles. The molecule has 1 aliphatic heterocycles. The van der Waals surface area contributed by atoms with Gasteiger partial charge in [0.2, 0.25) is 5.91 Å². The van der Waals surface area contributed by atoms with Gasteiger partial charge < -0.3 is 9.88 Å². The molecule has 0 unspecified atom stereocenters. The molecule has 0 radical (unpaired) electrons. The minimum absolute atomic E-state index is 0.0637. The average Bonchev–Trinajstić information content (AvgIpc) is 3.41. The molecule has 0 saturated carbocycles. The Morgan fingerprint density at radius 3 is 2.63 bits per heavy atom. The van der Waals surface area contributed by atoms with Crippen molar-refractivity contribution in [2.75, 3.05) is 11.1 Å². The normalized spacial score (nSPS) is 14.6. The minimum Gasteiger partial charge on any atom is -0.325 e. The van der Waals surface area contributed by atoms with Gasteiger partial charge in [-0.1, -0.05) is 54.2 Å². The highest BCUT2D eigenvalue weighted by Crippen LogP contribution is 2.33. The molecule has 0 spiro atoms. The van der Waals surface area contributed by atoms with Crippen molar-refractivity contribution in [1.29, 1.82) is 0 Å². The predicted molar refractivity (Wildman–Crippen MR) is 134 cm³/mol.